The zero-order valence-electron chi connectivity index (χ0n) is 12.2. The van der Waals surface area contributed by atoms with Gasteiger partial charge in [0.1, 0.15) is 11.2 Å². The number of nitrogens with one attached hydrogen (secondary N) is 2. The zero-order valence-corrected chi connectivity index (χ0v) is 13.0. The fourth-order valence-electron chi connectivity index (χ4n) is 1.81. The molecule has 6 heteroatoms. The first kappa shape index (κ1) is 15.4. The maximum Gasteiger partial charge on any atom is 0.407 e. The van der Waals surface area contributed by atoms with Gasteiger partial charge in [-0.05, 0) is 26.8 Å². The van der Waals surface area contributed by atoms with Gasteiger partial charge in [-0.15, -0.1) is 0 Å². The molecule has 0 saturated heterocycles. The molecule has 0 radical (unpaired) electrons. The van der Waals surface area contributed by atoms with Crippen molar-refractivity contribution in [3.8, 4) is 0 Å². The van der Waals surface area contributed by atoms with Crippen molar-refractivity contribution in [2.24, 2.45) is 0 Å². The molecule has 0 saturated carbocycles. The van der Waals surface area contributed by atoms with Gasteiger partial charge in [0.15, 0.2) is 0 Å². The van der Waals surface area contributed by atoms with Crippen LogP contribution in [0.5, 0.6) is 0 Å². The quantitative estimate of drug-likeness (QED) is 0.907. The number of rotatable bonds is 3. The molecule has 2 rings (SSSR count). The molecule has 2 aromatic rings. The predicted molar refractivity (Wildman–Crippen MR) is 84.4 cm³/mol. The van der Waals surface area contributed by atoms with Gasteiger partial charge in [0.05, 0.1) is 5.02 Å². The minimum Gasteiger partial charge on any atom is -0.444 e. The van der Waals surface area contributed by atoms with Crippen molar-refractivity contribution in [3.63, 3.8) is 0 Å². The van der Waals surface area contributed by atoms with Gasteiger partial charge in [-0.1, -0.05) is 23.8 Å². The molecule has 1 amide bonds. The average Bonchev–Trinajstić information content (AvgIpc) is 2.77. The van der Waals surface area contributed by atoms with Crippen LogP contribution >= 0.6 is 11.6 Å². The minimum atomic E-state index is -0.496. The average molecular weight is 308 g/mol. The lowest BCUT2D eigenvalue weighted by Crippen LogP contribution is -2.32. The Bertz CT molecular complexity index is 671. The van der Waals surface area contributed by atoms with Crippen LogP contribution in [0.1, 0.15) is 26.3 Å². The van der Waals surface area contributed by atoms with Crippen LogP contribution in [0.2, 0.25) is 5.02 Å². The molecule has 21 heavy (non-hydrogen) atoms. The van der Waals surface area contributed by atoms with Crippen molar-refractivity contribution in [3.05, 3.63) is 35.1 Å². The molecule has 0 unspecified atom stereocenters. The topological polar surface area (TPSA) is 67.0 Å². The number of amides is 1. The van der Waals surface area contributed by atoms with E-state index in [4.69, 9.17) is 16.3 Å². The van der Waals surface area contributed by atoms with E-state index >= 15 is 0 Å². The summed E-state index contributed by atoms with van der Waals surface area (Å²) in [7, 11) is 0. The number of alkyl carbamates (subject to hydrolysis) is 1. The Kier molecular flexibility index (Phi) is 4.53. The Labute approximate surface area is 128 Å². The largest absolute Gasteiger partial charge is 0.444 e. The van der Waals surface area contributed by atoms with Gasteiger partial charge in [0.2, 0.25) is 0 Å². The summed E-state index contributed by atoms with van der Waals surface area (Å²) in [6.07, 6.45) is 6.75. The molecule has 0 aliphatic rings. The van der Waals surface area contributed by atoms with Gasteiger partial charge in [-0.25, -0.2) is 9.78 Å². The number of H-pyrrole nitrogens is 1. The minimum absolute atomic E-state index is 0.374. The van der Waals surface area contributed by atoms with Crippen molar-refractivity contribution in [2.45, 2.75) is 26.4 Å². The molecule has 0 bridgehead atoms. The molecule has 2 N–H and O–H groups in total. The molecule has 0 aliphatic heterocycles. The van der Waals surface area contributed by atoms with Crippen LogP contribution in [0.15, 0.2) is 24.5 Å². The van der Waals surface area contributed by atoms with Crippen LogP contribution in [0.3, 0.4) is 0 Å². The third-order valence-corrected chi connectivity index (χ3v) is 2.93. The molecule has 0 aromatic carbocycles. The van der Waals surface area contributed by atoms with E-state index < -0.39 is 11.7 Å². The number of aromatic amines is 1. The summed E-state index contributed by atoms with van der Waals surface area (Å²) < 4.78 is 5.14. The second kappa shape index (κ2) is 6.18. The van der Waals surface area contributed by atoms with Crippen molar-refractivity contribution >= 4 is 34.8 Å². The number of nitrogens with zero attached hydrogens (tertiary/aromatic N) is 1. The Hall–Kier alpha value is -2.01. The molecule has 0 atom stereocenters. The Morgan fingerprint density at radius 2 is 2.29 bits per heavy atom. The van der Waals surface area contributed by atoms with Gasteiger partial charge < -0.3 is 15.0 Å². The summed E-state index contributed by atoms with van der Waals surface area (Å²) in [5.74, 6) is 0. The lowest BCUT2D eigenvalue weighted by molar-refractivity contribution is 0.0534. The smallest absolute Gasteiger partial charge is 0.407 e. The maximum absolute atomic E-state index is 11.5. The molecule has 5 nitrogen and oxygen atoms in total. The number of hydrogen-bond donors (Lipinski definition) is 2. The van der Waals surface area contributed by atoms with Gasteiger partial charge in [0.25, 0.3) is 0 Å². The molecule has 0 aliphatic carbocycles. The number of carbonyl (C=O) groups excluding carboxylic acids is 1. The van der Waals surface area contributed by atoms with Crippen LogP contribution in [-0.2, 0) is 4.74 Å². The molecule has 0 fully saturated rings. The molecule has 2 aromatic heterocycles. The van der Waals surface area contributed by atoms with Gasteiger partial charge in [-0.2, -0.15) is 0 Å². The number of carbonyl (C=O) groups is 1. The van der Waals surface area contributed by atoms with Crippen LogP contribution in [0.25, 0.3) is 17.1 Å². The van der Waals surface area contributed by atoms with Crippen LogP contribution in [-0.4, -0.2) is 28.2 Å². The summed E-state index contributed by atoms with van der Waals surface area (Å²) in [4.78, 5) is 18.7. The molecular weight excluding hydrogens is 290 g/mol. The lowest BCUT2D eigenvalue weighted by atomic mass is 10.2. The Morgan fingerprint density at radius 1 is 1.52 bits per heavy atom. The van der Waals surface area contributed by atoms with Crippen molar-refractivity contribution in [1.29, 1.82) is 0 Å². The van der Waals surface area contributed by atoms with Gasteiger partial charge in [0, 0.05) is 29.9 Å². The van der Waals surface area contributed by atoms with Crippen LogP contribution in [0.4, 0.5) is 4.79 Å². The number of ether oxygens (including phenoxy) is 1. The van der Waals surface area contributed by atoms with E-state index in [-0.39, 0.29) is 0 Å². The van der Waals surface area contributed by atoms with E-state index in [0.717, 1.165) is 16.6 Å². The van der Waals surface area contributed by atoms with Gasteiger partial charge in [-0.3, -0.25) is 0 Å². The zero-order chi connectivity index (χ0) is 15.5. The highest BCUT2D eigenvalue weighted by atomic mass is 35.5. The first-order chi connectivity index (χ1) is 9.87. The highest BCUT2D eigenvalue weighted by molar-refractivity contribution is 6.35. The van der Waals surface area contributed by atoms with Crippen LogP contribution in [0, 0.1) is 0 Å². The SMILES string of the molecule is CC(C)(C)OC(=O)NCC=Cc1c[nH]c2nccc(Cl)c12. The summed E-state index contributed by atoms with van der Waals surface area (Å²) in [6, 6.07) is 1.74. The highest BCUT2D eigenvalue weighted by Gasteiger charge is 2.15. The Balaban J connectivity index is 1.97. The monoisotopic (exact) mass is 307 g/mol. The van der Waals surface area contributed by atoms with Gasteiger partial charge >= 0.3 is 6.09 Å². The van der Waals surface area contributed by atoms with E-state index in [1.54, 1.807) is 12.3 Å². The van der Waals surface area contributed by atoms with Crippen molar-refractivity contribution < 1.29 is 9.53 Å². The van der Waals surface area contributed by atoms with E-state index in [9.17, 15) is 4.79 Å². The highest BCUT2D eigenvalue weighted by Crippen LogP contribution is 2.25. The fraction of sp³-hybridized carbons (Fsp3) is 0.333. The molecular formula is C15H18ClN3O2. The number of pyridine rings is 1. The normalized spacial score (nSPS) is 12.0. The van der Waals surface area contributed by atoms with Crippen molar-refractivity contribution in [1.82, 2.24) is 15.3 Å². The third-order valence-electron chi connectivity index (χ3n) is 2.61. The number of aromatic nitrogens is 2. The number of fused-ring (bicyclic) bond motifs is 1. The number of hydrogen-bond acceptors (Lipinski definition) is 3. The summed E-state index contributed by atoms with van der Waals surface area (Å²) in [5, 5.41) is 4.17. The maximum atomic E-state index is 11.5. The lowest BCUT2D eigenvalue weighted by Gasteiger charge is -2.19. The standard InChI is InChI=1S/C15H18ClN3O2/c1-15(2,3)21-14(20)18-7-4-5-10-9-19-13-12(10)11(16)6-8-17-13/h4-6,8-9H,7H2,1-3H3,(H,17,19)(H,18,20). The summed E-state index contributed by atoms with van der Waals surface area (Å²) >= 11 is 6.16. The molecule has 0 spiro atoms. The molecule has 112 valence electrons. The third kappa shape index (κ3) is 4.23. The van der Waals surface area contributed by atoms with Crippen LogP contribution < -0.4 is 5.32 Å². The fourth-order valence-corrected chi connectivity index (χ4v) is 2.07. The second-order valence-electron chi connectivity index (χ2n) is 5.55. The van der Waals surface area contributed by atoms with E-state index in [0.29, 0.717) is 11.6 Å². The first-order valence-electron chi connectivity index (χ1n) is 6.62. The molecule has 2 heterocycles. The van der Waals surface area contributed by atoms with E-state index in [1.165, 1.54) is 0 Å². The summed E-state index contributed by atoms with van der Waals surface area (Å²) in [6.45, 7) is 5.84. The van der Waals surface area contributed by atoms with Crippen molar-refractivity contribution in [2.75, 3.05) is 6.54 Å². The van der Waals surface area contributed by atoms with E-state index in [2.05, 4.69) is 15.3 Å². The number of halogens is 1. The second-order valence-corrected chi connectivity index (χ2v) is 5.95. The summed E-state index contributed by atoms with van der Waals surface area (Å²) in [5.41, 5.74) is 1.17. The predicted octanol–water partition coefficient (Wildman–Crippen LogP) is 3.75. The first-order valence-corrected chi connectivity index (χ1v) is 6.99. The van der Waals surface area contributed by atoms with E-state index in [1.807, 2.05) is 39.1 Å². The Morgan fingerprint density at radius 3 is 3.00 bits per heavy atom.